The average Bonchev–Trinajstić information content (AvgIpc) is 3.29. The molecule has 0 atom stereocenters. The summed E-state index contributed by atoms with van der Waals surface area (Å²) in [7, 11) is 0. The first-order valence-corrected chi connectivity index (χ1v) is 9.61. The summed E-state index contributed by atoms with van der Waals surface area (Å²) in [4.78, 5) is 35.3. The number of nitrogens with zero attached hydrogens (tertiary/aromatic N) is 2. The van der Waals surface area contributed by atoms with Crippen LogP contribution in [0.15, 0.2) is 64.6 Å². The van der Waals surface area contributed by atoms with E-state index in [1.807, 2.05) is 0 Å². The van der Waals surface area contributed by atoms with Crippen LogP contribution in [0.2, 0.25) is 0 Å². The molecule has 1 aliphatic heterocycles. The predicted octanol–water partition coefficient (Wildman–Crippen LogP) is 3.63. The van der Waals surface area contributed by atoms with E-state index in [0.29, 0.717) is 5.69 Å². The zero-order chi connectivity index (χ0) is 21.4. The molecule has 30 heavy (non-hydrogen) atoms. The molecule has 0 saturated carbocycles. The molecule has 10 heteroatoms. The van der Waals surface area contributed by atoms with Crippen LogP contribution in [0.25, 0.3) is 17.4 Å². The van der Waals surface area contributed by atoms with Gasteiger partial charge in [-0.05, 0) is 71.1 Å². The zero-order valence-corrected chi connectivity index (χ0v) is 17.2. The van der Waals surface area contributed by atoms with E-state index >= 15 is 0 Å². The molecule has 0 unspecified atom stereocenters. The number of carbonyl (C=O) groups is 2. The first-order chi connectivity index (χ1) is 14.3. The summed E-state index contributed by atoms with van der Waals surface area (Å²) in [5.41, 5.74) is 2.79. The van der Waals surface area contributed by atoms with Gasteiger partial charge in [0.25, 0.3) is 17.5 Å². The number of nitrogens with one attached hydrogen (secondary N) is 1. The first kappa shape index (κ1) is 19.6. The van der Waals surface area contributed by atoms with Crippen LogP contribution in [-0.2, 0) is 9.59 Å². The number of hydrogen-bond acceptors (Lipinski definition) is 6. The fourth-order valence-corrected chi connectivity index (χ4v) is 3.24. The third kappa shape index (κ3) is 3.64. The summed E-state index contributed by atoms with van der Waals surface area (Å²) in [5.74, 6) is -0.997. The zero-order valence-electron chi connectivity index (χ0n) is 15.0. The summed E-state index contributed by atoms with van der Waals surface area (Å²) in [6, 6.07) is 13.6. The van der Waals surface area contributed by atoms with Crippen LogP contribution < -0.4 is 10.4 Å². The van der Waals surface area contributed by atoms with Gasteiger partial charge in [0.1, 0.15) is 22.8 Å². The van der Waals surface area contributed by atoms with Gasteiger partial charge in [-0.15, -0.1) is 0 Å². The maximum atomic E-state index is 12.7. The smallest absolute Gasteiger partial charge is 0.282 e. The number of non-ortho nitro benzene ring substituents is 1. The molecule has 1 fully saturated rings. The molecule has 9 nitrogen and oxygen atoms in total. The summed E-state index contributed by atoms with van der Waals surface area (Å²) in [6.45, 7) is 0. The van der Waals surface area contributed by atoms with Gasteiger partial charge >= 0.3 is 0 Å². The highest BCUT2D eigenvalue weighted by Gasteiger charge is 2.34. The average molecular weight is 517 g/mol. The molecule has 4 rings (SSSR count). The Bertz CT molecular complexity index is 1220. The van der Waals surface area contributed by atoms with E-state index in [1.165, 1.54) is 36.4 Å². The minimum absolute atomic E-state index is 0.122. The van der Waals surface area contributed by atoms with E-state index in [1.54, 1.807) is 24.3 Å². The Morgan fingerprint density at radius 1 is 1.10 bits per heavy atom. The molecular weight excluding hydrogens is 505 g/mol. The van der Waals surface area contributed by atoms with Crippen LogP contribution >= 0.6 is 22.6 Å². The van der Waals surface area contributed by atoms with E-state index < -0.39 is 16.7 Å². The Balaban J connectivity index is 1.64. The van der Waals surface area contributed by atoms with Gasteiger partial charge in [-0.3, -0.25) is 25.1 Å². The topological polar surface area (TPSA) is 126 Å². The number of nitro groups is 1. The van der Waals surface area contributed by atoms with Crippen LogP contribution in [0.5, 0.6) is 5.75 Å². The Labute approximate surface area is 182 Å². The highest BCUT2D eigenvalue weighted by molar-refractivity contribution is 14.1. The fourth-order valence-electron chi connectivity index (χ4n) is 2.88. The minimum Gasteiger partial charge on any atom is -0.507 e. The van der Waals surface area contributed by atoms with Crippen molar-refractivity contribution in [2.45, 2.75) is 0 Å². The van der Waals surface area contributed by atoms with Crippen molar-refractivity contribution in [2.75, 3.05) is 5.01 Å². The Hall–Kier alpha value is -3.67. The normalized spacial score (nSPS) is 15.0. The molecule has 0 spiro atoms. The molecule has 0 radical (unpaired) electrons. The van der Waals surface area contributed by atoms with Crippen LogP contribution in [0, 0.1) is 13.7 Å². The number of hydrogen-bond donors (Lipinski definition) is 2. The fraction of sp³-hybridized carbons (Fsp3) is 0. The lowest BCUT2D eigenvalue weighted by atomic mass is 10.1. The second-order valence-corrected chi connectivity index (χ2v) is 7.52. The number of phenolic OH excluding ortho intramolecular Hbond substituents is 1. The van der Waals surface area contributed by atoms with Crippen LogP contribution in [0.1, 0.15) is 5.76 Å². The van der Waals surface area contributed by atoms with Gasteiger partial charge < -0.3 is 9.52 Å². The monoisotopic (exact) mass is 517 g/mol. The van der Waals surface area contributed by atoms with Gasteiger partial charge in [0, 0.05) is 15.7 Å². The van der Waals surface area contributed by atoms with Crippen molar-refractivity contribution >= 4 is 51.9 Å². The van der Waals surface area contributed by atoms with Gasteiger partial charge in [0.2, 0.25) is 0 Å². The first-order valence-electron chi connectivity index (χ1n) is 8.54. The number of hydrazine groups is 1. The lowest BCUT2D eigenvalue weighted by molar-refractivity contribution is -0.384. The minimum atomic E-state index is -0.588. The molecule has 2 N–H and O–H groups in total. The van der Waals surface area contributed by atoms with Crippen molar-refractivity contribution in [2.24, 2.45) is 0 Å². The molecule has 1 saturated heterocycles. The second kappa shape index (κ2) is 7.63. The van der Waals surface area contributed by atoms with E-state index in [0.717, 1.165) is 8.58 Å². The van der Waals surface area contributed by atoms with Crippen LogP contribution in [0.3, 0.4) is 0 Å². The highest BCUT2D eigenvalue weighted by Crippen LogP contribution is 2.34. The molecular formula is C20H12IN3O6. The van der Waals surface area contributed by atoms with E-state index in [9.17, 15) is 24.8 Å². The highest BCUT2D eigenvalue weighted by atomic mass is 127. The van der Waals surface area contributed by atoms with Crippen molar-refractivity contribution in [3.63, 3.8) is 0 Å². The van der Waals surface area contributed by atoms with Crippen molar-refractivity contribution in [1.82, 2.24) is 5.43 Å². The number of phenols is 1. The quantitative estimate of drug-likeness (QED) is 0.179. The summed E-state index contributed by atoms with van der Waals surface area (Å²) in [6.07, 6.45) is 1.28. The van der Waals surface area contributed by atoms with Gasteiger partial charge in [-0.1, -0.05) is 0 Å². The van der Waals surface area contributed by atoms with Crippen molar-refractivity contribution in [3.05, 3.63) is 79.6 Å². The third-order valence-electron chi connectivity index (χ3n) is 4.35. The molecule has 1 aliphatic rings. The number of anilines is 1. The molecule has 2 aromatic carbocycles. The van der Waals surface area contributed by atoms with Crippen molar-refractivity contribution < 1.29 is 24.0 Å². The number of furan rings is 1. The summed E-state index contributed by atoms with van der Waals surface area (Å²) < 4.78 is 6.57. The van der Waals surface area contributed by atoms with E-state index in [2.05, 4.69) is 28.0 Å². The van der Waals surface area contributed by atoms with Crippen LogP contribution in [0.4, 0.5) is 11.4 Å². The SMILES string of the molecule is O=C1NN(c2ccc(I)cc2)C(=O)/C1=C/c1ccc(-c2cc([N+](=O)[O-])ccc2O)o1. The van der Waals surface area contributed by atoms with Gasteiger partial charge in [0.05, 0.1) is 16.2 Å². The lowest BCUT2D eigenvalue weighted by Gasteiger charge is -2.14. The number of halogens is 1. The Morgan fingerprint density at radius 2 is 1.83 bits per heavy atom. The molecule has 0 bridgehead atoms. The Morgan fingerprint density at radius 3 is 2.53 bits per heavy atom. The summed E-state index contributed by atoms with van der Waals surface area (Å²) in [5, 5.41) is 22.1. The van der Waals surface area contributed by atoms with Gasteiger partial charge in [-0.25, -0.2) is 5.01 Å². The number of nitro benzene ring substituents is 1. The third-order valence-corrected chi connectivity index (χ3v) is 5.07. The molecule has 2 amide bonds. The maximum absolute atomic E-state index is 12.7. The molecule has 2 heterocycles. The predicted molar refractivity (Wildman–Crippen MR) is 115 cm³/mol. The maximum Gasteiger partial charge on any atom is 0.282 e. The number of carbonyl (C=O) groups excluding carboxylic acids is 2. The van der Waals surface area contributed by atoms with Gasteiger partial charge in [0.15, 0.2) is 0 Å². The number of aromatic hydroxyl groups is 1. The second-order valence-electron chi connectivity index (χ2n) is 6.28. The summed E-state index contributed by atoms with van der Waals surface area (Å²) >= 11 is 2.13. The van der Waals surface area contributed by atoms with Gasteiger partial charge in [-0.2, -0.15) is 0 Å². The molecule has 0 aliphatic carbocycles. The lowest BCUT2D eigenvalue weighted by Crippen LogP contribution is -2.35. The van der Waals surface area contributed by atoms with E-state index in [-0.39, 0.29) is 34.1 Å². The number of benzene rings is 2. The van der Waals surface area contributed by atoms with Crippen molar-refractivity contribution in [1.29, 1.82) is 0 Å². The Kier molecular flexibility index (Phi) is 4.99. The largest absolute Gasteiger partial charge is 0.507 e. The number of amides is 2. The number of rotatable bonds is 4. The molecule has 3 aromatic rings. The van der Waals surface area contributed by atoms with E-state index in [4.69, 9.17) is 4.42 Å². The molecule has 150 valence electrons. The van der Waals surface area contributed by atoms with Crippen molar-refractivity contribution in [3.8, 4) is 17.1 Å². The van der Waals surface area contributed by atoms with Crippen LogP contribution in [-0.4, -0.2) is 21.8 Å². The molecule has 1 aromatic heterocycles. The standard InChI is InChI=1S/C20H12IN3O6/c21-11-1-3-12(4-2-11)23-20(27)16(19(26)22-23)10-14-6-8-18(30-14)15-9-13(24(28)29)5-7-17(15)25/h1-10,25H,(H,22,26)/b16-10+.